The lowest BCUT2D eigenvalue weighted by Crippen LogP contribution is -2.43. The number of alkyl halides is 3. The van der Waals surface area contributed by atoms with Crippen molar-refractivity contribution in [1.82, 2.24) is 4.98 Å². The van der Waals surface area contributed by atoms with E-state index < -0.39 is 73.2 Å². The molecule has 3 N–H and O–H groups in total. The van der Waals surface area contributed by atoms with E-state index in [0.29, 0.717) is 6.07 Å². The van der Waals surface area contributed by atoms with Crippen molar-refractivity contribution in [1.29, 1.82) is 0 Å². The number of hydrogen-bond donors (Lipinski definition) is 2. The number of nitrogens with two attached hydrogens (primary N) is 1. The Bertz CT molecular complexity index is 1530. The molecule has 178 valence electrons. The fourth-order valence-electron chi connectivity index (χ4n) is 3.71. The van der Waals surface area contributed by atoms with Crippen LogP contribution in [-0.2, 0) is 16.0 Å². The van der Waals surface area contributed by atoms with Gasteiger partial charge in [0.05, 0.1) is 28.6 Å². The van der Waals surface area contributed by atoms with Crippen LogP contribution in [0.2, 0.25) is 0 Å². The normalized spacial score (nSPS) is 17.2. The molecule has 0 fully saturated rings. The van der Waals surface area contributed by atoms with E-state index in [4.69, 9.17) is 5.73 Å². The number of thiophene rings is 1. The fraction of sp³-hybridized carbons (Fsp3) is 0.150. The van der Waals surface area contributed by atoms with Gasteiger partial charge in [0.15, 0.2) is 9.84 Å². The second-order valence-electron chi connectivity index (χ2n) is 7.33. The topological polar surface area (TPSA) is 130 Å². The minimum atomic E-state index is -5.29. The van der Waals surface area contributed by atoms with Gasteiger partial charge in [-0.1, -0.05) is 0 Å². The van der Waals surface area contributed by atoms with Crippen LogP contribution in [-0.4, -0.2) is 37.0 Å². The van der Waals surface area contributed by atoms with Gasteiger partial charge in [0.2, 0.25) is 0 Å². The summed E-state index contributed by atoms with van der Waals surface area (Å²) in [6.45, 7) is 0. The minimum Gasteiger partial charge on any atom is -0.366 e. The molecule has 0 saturated heterocycles. The maximum atomic E-state index is 14.4. The number of pyridine rings is 1. The van der Waals surface area contributed by atoms with E-state index in [1.165, 1.54) is 28.9 Å². The molecule has 2 aromatic heterocycles. The number of amides is 2. The van der Waals surface area contributed by atoms with Crippen molar-refractivity contribution in [3.63, 3.8) is 0 Å². The summed E-state index contributed by atoms with van der Waals surface area (Å²) in [6, 6.07) is 1.80. The molecule has 3 heterocycles. The van der Waals surface area contributed by atoms with Crippen LogP contribution >= 0.6 is 11.3 Å². The highest BCUT2D eigenvalue weighted by atomic mass is 32.2. The number of halogens is 4. The molecule has 1 atom stereocenters. The minimum absolute atomic E-state index is 0.276. The lowest BCUT2D eigenvalue weighted by atomic mass is 9.99. The molecule has 0 saturated carbocycles. The van der Waals surface area contributed by atoms with E-state index in [1.807, 2.05) is 4.98 Å². The molecule has 1 aromatic carbocycles. The van der Waals surface area contributed by atoms with Crippen LogP contribution in [0.15, 0.2) is 45.2 Å². The van der Waals surface area contributed by atoms with E-state index in [9.17, 15) is 40.4 Å². The summed E-state index contributed by atoms with van der Waals surface area (Å²) in [7, 11) is -3.60. The Morgan fingerprint density at radius 1 is 1.24 bits per heavy atom. The third kappa shape index (κ3) is 4.09. The van der Waals surface area contributed by atoms with Crippen molar-refractivity contribution in [2.75, 3.05) is 10.7 Å². The van der Waals surface area contributed by atoms with Crippen LogP contribution in [0.4, 0.5) is 23.2 Å². The van der Waals surface area contributed by atoms with Crippen LogP contribution < -0.4 is 16.2 Å². The zero-order chi connectivity index (χ0) is 25.0. The molecule has 4 rings (SSSR count). The Kier molecular flexibility index (Phi) is 5.60. The molecular weight excluding hydrogens is 502 g/mol. The van der Waals surface area contributed by atoms with Crippen LogP contribution in [0, 0.1) is 5.82 Å². The maximum absolute atomic E-state index is 14.4. The number of anilines is 1. The Morgan fingerprint density at radius 3 is 2.47 bits per heavy atom. The van der Waals surface area contributed by atoms with E-state index in [0.717, 1.165) is 16.4 Å². The van der Waals surface area contributed by atoms with Crippen molar-refractivity contribution in [3.8, 4) is 0 Å². The summed E-state index contributed by atoms with van der Waals surface area (Å²) in [5, 5.41) is 3.69. The number of carbonyl (C=O) groups excluding carboxylic acids is 2. The maximum Gasteiger partial charge on any atom is 0.420 e. The Balaban J connectivity index is 1.91. The van der Waals surface area contributed by atoms with Crippen molar-refractivity contribution in [2.24, 2.45) is 5.73 Å². The quantitative estimate of drug-likeness (QED) is 0.516. The highest BCUT2D eigenvalue weighted by Crippen LogP contribution is 2.37. The third-order valence-electron chi connectivity index (χ3n) is 5.10. The molecule has 0 radical (unpaired) electrons. The average Bonchev–Trinajstić information content (AvgIpc) is 3.36. The van der Waals surface area contributed by atoms with E-state index >= 15 is 0 Å². The molecule has 14 heteroatoms. The predicted octanol–water partition coefficient (Wildman–Crippen LogP) is 2.80. The van der Waals surface area contributed by atoms with Gasteiger partial charge in [0, 0.05) is 16.2 Å². The number of aromatic amines is 1. The molecule has 1 aliphatic rings. The molecule has 0 bridgehead atoms. The van der Waals surface area contributed by atoms with E-state index in [2.05, 4.69) is 0 Å². The van der Waals surface area contributed by atoms with Gasteiger partial charge in [0.25, 0.3) is 17.4 Å². The summed E-state index contributed by atoms with van der Waals surface area (Å²) in [5.41, 5.74) is -0.365. The first-order valence-electron chi connectivity index (χ1n) is 9.33. The summed E-state index contributed by atoms with van der Waals surface area (Å²) < 4.78 is 78.2. The molecule has 3 aromatic rings. The van der Waals surface area contributed by atoms with E-state index in [1.54, 1.807) is 5.38 Å². The van der Waals surface area contributed by atoms with Gasteiger partial charge in [-0.05, 0) is 29.7 Å². The number of rotatable bonds is 4. The summed E-state index contributed by atoms with van der Waals surface area (Å²) in [4.78, 5) is 40.9. The average molecular weight is 515 g/mol. The number of benzene rings is 1. The smallest absolute Gasteiger partial charge is 0.366 e. The van der Waals surface area contributed by atoms with Crippen LogP contribution in [0.25, 0.3) is 10.9 Å². The number of aromatic nitrogens is 1. The number of H-pyrrole nitrogens is 1. The SMILES string of the molecule is NC(=O)c1c(C(F)(F)F)c(F)cc2cc(C(=O)N(c3ccsc3)[C@@H]3C=CS(=O)(=O)C3)c(=O)[nH]c12. The Labute approximate surface area is 192 Å². The highest BCUT2D eigenvalue weighted by Gasteiger charge is 2.40. The summed E-state index contributed by atoms with van der Waals surface area (Å²) >= 11 is 1.20. The van der Waals surface area contributed by atoms with Crippen molar-refractivity contribution < 1.29 is 35.6 Å². The van der Waals surface area contributed by atoms with Gasteiger partial charge in [-0.2, -0.15) is 24.5 Å². The molecule has 0 unspecified atom stereocenters. The zero-order valence-corrected chi connectivity index (χ0v) is 18.4. The van der Waals surface area contributed by atoms with Crippen LogP contribution in [0.5, 0.6) is 0 Å². The van der Waals surface area contributed by atoms with Gasteiger partial charge in [-0.15, -0.1) is 0 Å². The lowest BCUT2D eigenvalue weighted by molar-refractivity contribution is -0.140. The van der Waals surface area contributed by atoms with Gasteiger partial charge in [-0.3, -0.25) is 19.3 Å². The molecule has 34 heavy (non-hydrogen) atoms. The standard InChI is InChI=1S/C20H13F4N3O5S2/c21-13-6-9-5-12(18(29)26-16(9)14(17(25)28)15(13)20(22,23)24)19(30)27(10-1-3-33-7-10)11-2-4-34(31,32)8-11/h1-7,11H,8H2,(H2,25,28)(H,26,29)/t11-/m1/s1. The number of nitrogens with zero attached hydrogens (tertiary/aromatic N) is 1. The Hall–Kier alpha value is -3.52. The van der Waals surface area contributed by atoms with Gasteiger partial charge >= 0.3 is 6.18 Å². The summed E-state index contributed by atoms with van der Waals surface area (Å²) in [5.74, 6) is -4.88. The molecule has 0 aliphatic carbocycles. The first kappa shape index (κ1) is 23.6. The molecular formula is C20H13F4N3O5S2. The second-order valence-corrected chi connectivity index (χ2v) is 10.0. The van der Waals surface area contributed by atoms with Crippen molar-refractivity contribution in [3.05, 3.63) is 73.3 Å². The molecule has 2 amide bonds. The van der Waals surface area contributed by atoms with Crippen molar-refractivity contribution >= 4 is 49.6 Å². The fourth-order valence-corrected chi connectivity index (χ4v) is 5.60. The second kappa shape index (κ2) is 8.06. The zero-order valence-electron chi connectivity index (χ0n) is 16.7. The van der Waals surface area contributed by atoms with Gasteiger partial charge in [0.1, 0.15) is 16.9 Å². The lowest BCUT2D eigenvalue weighted by Gasteiger charge is -2.26. The third-order valence-corrected chi connectivity index (χ3v) is 7.15. The summed E-state index contributed by atoms with van der Waals surface area (Å²) in [6.07, 6.45) is -4.02. The van der Waals surface area contributed by atoms with Gasteiger partial charge in [-0.25, -0.2) is 12.8 Å². The predicted molar refractivity (Wildman–Crippen MR) is 116 cm³/mol. The number of sulfone groups is 1. The number of carbonyl (C=O) groups is 2. The van der Waals surface area contributed by atoms with Crippen LogP contribution in [0.3, 0.4) is 0 Å². The molecule has 0 spiro atoms. The van der Waals surface area contributed by atoms with Crippen molar-refractivity contribution in [2.45, 2.75) is 12.2 Å². The Morgan fingerprint density at radius 2 is 1.94 bits per heavy atom. The molecule has 1 aliphatic heterocycles. The first-order valence-corrected chi connectivity index (χ1v) is 12.0. The number of primary amides is 1. The number of hydrogen-bond acceptors (Lipinski definition) is 6. The van der Waals surface area contributed by atoms with Gasteiger partial charge < -0.3 is 10.7 Å². The monoisotopic (exact) mass is 515 g/mol. The van der Waals surface area contributed by atoms with Crippen LogP contribution in [0.1, 0.15) is 26.3 Å². The largest absolute Gasteiger partial charge is 0.420 e. The number of nitrogens with one attached hydrogen (secondary N) is 1. The number of fused-ring (bicyclic) bond motifs is 1. The highest BCUT2D eigenvalue weighted by molar-refractivity contribution is 7.94. The first-order chi connectivity index (χ1) is 15.8. The molecule has 8 nitrogen and oxygen atoms in total. The van der Waals surface area contributed by atoms with E-state index in [-0.39, 0.29) is 11.1 Å².